The van der Waals surface area contributed by atoms with Crippen LogP contribution in [0.5, 0.6) is 0 Å². The molecule has 0 aromatic heterocycles. The van der Waals surface area contributed by atoms with E-state index in [1.54, 1.807) is 12.1 Å². The number of fused-ring (bicyclic) bond motifs is 3. The molecule has 2 nitrogen and oxygen atoms in total. The molecule has 0 saturated heterocycles. The highest BCUT2D eigenvalue weighted by molar-refractivity contribution is 6.04. The smallest absolute Gasteiger partial charge is 0.454 e. The van der Waals surface area contributed by atoms with E-state index in [4.69, 9.17) is 0 Å². The van der Waals surface area contributed by atoms with Gasteiger partial charge in [0.2, 0.25) is 0 Å². The Morgan fingerprint density at radius 1 is 1.04 bits per heavy atom. The van der Waals surface area contributed by atoms with Crippen molar-refractivity contribution >= 4 is 11.5 Å². The highest BCUT2D eigenvalue weighted by Crippen LogP contribution is 2.38. The van der Waals surface area contributed by atoms with Gasteiger partial charge in [0.25, 0.3) is 5.78 Å². The van der Waals surface area contributed by atoms with Crippen molar-refractivity contribution in [3.63, 3.8) is 0 Å². The van der Waals surface area contributed by atoms with E-state index < -0.39 is 23.3 Å². The summed E-state index contributed by atoms with van der Waals surface area (Å²) in [4.78, 5) is 11.2. The summed E-state index contributed by atoms with van der Waals surface area (Å²) >= 11 is 0. The second kappa shape index (κ2) is 5.26. The Bertz CT molecular complexity index is 832. The number of aliphatic hydroxyl groups is 1. The minimum Gasteiger partial charge on any atom is -0.507 e. The van der Waals surface area contributed by atoms with E-state index >= 15 is 0 Å². The van der Waals surface area contributed by atoms with Crippen LogP contribution in [0.25, 0.3) is 16.9 Å². The maximum atomic E-state index is 12.5. The van der Waals surface area contributed by atoms with Crippen LogP contribution in [0.4, 0.5) is 13.2 Å². The normalized spacial score (nSPS) is 14.1. The molecule has 0 radical (unpaired) electrons. The number of allylic oxidation sites excluding steroid dienone is 1. The van der Waals surface area contributed by atoms with Crippen molar-refractivity contribution in [3.8, 4) is 11.1 Å². The average Bonchev–Trinajstić information content (AvgIpc) is 2.89. The minimum atomic E-state index is -5.00. The third-order valence-corrected chi connectivity index (χ3v) is 4.02. The zero-order valence-corrected chi connectivity index (χ0v) is 12.2. The summed E-state index contributed by atoms with van der Waals surface area (Å²) in [6.07, 6.45) is -4.34. The standard InChI is InChI=1S/C18H13F3O2/c1-10(17(23)18(19,20)21)16(22)12-6-7-15-13(9-12)8-11-4-2-3-5-14(11)15/h2-7,9,22H,8H2,1H3. The van der Waals surface area contributed by atoms with Gasteiger partial charge in [-0.05, 0) is 41.7 Å². The van der Waals surface area contributed by atoms with Gasteiger partial charge in [-0.1, -0.05) is 36.4 Å². The largest absolute Gasteiger partial charge is 0.507 e. The van der Waals surface area contributed by atoms with E-state index in [1.807, 2.05) is 24.3 Å². The van der Waals surface area contributed by atoms with Crippen LogP contribution in [0.15, 0.2) is 48.0 Å². The molecule has 0 atom stereocenters. The highest BCUT2D eigenvalue weighted by Gasteiger charge is 2.40. The van der Waals surface area contributed by atoms with E-state index in [0.29, 0.717) is 6.42 Å². The number of Topliss-reactive ketones (excluding diaryl/α,β-unsaturated/α-hetero) is 1. The lowest BCUT2D eigenvalue weighted by atomic mass is 10.00. The van der Waals surface area contributed by atoms with Crippen LogP contribution in [0.3, 0.4) is 0 Å². The van der Waals surface area contributed by atoms with Gasteiger partial charge in [0.05, 0.1) is 0 Å². The van der Waals surface area contributed by atoms with E-state index in [1.165, 1.54) is 6.07 Å². The first-order chi connectivity index (χ1) is 10.8. The van der Waals surface area contributed by atoms with E-state index in [9.17, 15) is 23.1 Å². The van der Waals surface area contributed by atoms with Crippen LogP contribution in [-0.2, 0) is 11.2 Å². The number of rotatable bonds is 2. The van der Waals surface area contributed by atoms with Crippen molar-refractivity contribution in [2.24, 2.45) is 0 Å². The number of hydrogen-bond acceptors (Lipinski definition) is 2. The number of carbonyl (C=O) groups is 1. The quantitative estimate of drug-likeness (QED) is 0.550. The van der Waals surface area contributed by atoms with E-state index in [2.05, 4.69) is 0 Å². The van der Waals surface area contributed by atoms with Gasteiger partial charge in [0, 0.05) is 11.1 Å². The molecule has 0 spiro atoms. The van der Waals surface area contributed by atoms with Crippen LogP contribution in [-0.4, -0.2) is 17.1 Å². The summed E-state index contributed by atoms with van der Waals surface area (Å²) in [7, 11) is 0. The summed E-state index contributed by atoms with van der Waals surface area (Å²) < 4.78 is 37.4. The van der Waals surface area contributed by atoms with E-state index in [0.717, 1.165) is 29.2 Å². The molecule has 1 aliphatic rings. The molecule has 3 rings (SSSR count). The van der Waals surface area contributed by atoms with Crippen molar-refractivity contribution in [1.29, 1.82) is 0 Å². The number of alkyl halides is 3. The van der Waals surface area contributed by atoms with Crippen LogP contribution >= 0.6 is 0 Å². The number of carbonyl (C=O) groups excluding carboxylic acids is 1. The van der Waals surface area contributed by atoms with Crippen LogP contribution < -0.4 is 0 Å². The van der Waals surface area contributed by atoms with Crippen LogP contribution in [0.2, 0.25) is 0 Å². The predicted molar refractivity (Wildman–Crippen MR) is 81.0 cm³/mol. The molecule has 0 amide bonds. The van der Waals surface area contributed by atoms with Gasteiger partial charge in [-0.2, -0.15) is 13.2 Å². The molecular weight excluding hydrogens is 305 g/mol. The third kappa shape index (κ3) is 2.63. The second-order valence-corrected chi connectivity index (χ2v) is 5.51. The number of ketones is 1. The van der Waals surface area contributed by atoms with Crippen LogP contribution in [0, 0.1) is 0 Å². The zero-order valence-electron chi connectivity index (χ0n) is 12.2. The number of halogens is 3. The monoisotopic (exact) mass is 318 g/mol. The Morgan fingerprint density at radius 2 is 1.70 bits per heavy atom. The van der Waals surface area contributed by atoms with E-state index in [-0.39, 0.29) is 5.56 Å². The molecule has 0 aliphatic heterocycles. The zero-order chi connectivity index (χ0) is 16.8. The van der Waals surface area contributed by atoms with Gasteiger partial charge in [0.1, 0.15) is 5.76 Å². The number of benzene rings is 2. The molecule has 2 aromatic carbocycles. The van der Waals surface area contributed by atoms with Crippen molar-refractivity contribution in [2.75, 3.05) is 0 Å². The molecule has 118 valence electrons. The van der Waals surface area contributed by atoms with Crippen LogP contribution in [0.1, 0.15) is 23.6 Å². The van der Waals surface area contributed by atoms with Crippen molar-refractivity contribution in [2.45, 2.75) is 19.5 Å². The molecule has 0 bridgehead atoms. The Kier molecular flexibility index (Phi) is 3.51. The first kappa shape index (κ1) is 15.3. The lowest BCUT2D eigenvalue weighted by molar-refractivity contribution is -0.166. The predicted octanol–water partition coefficient (Wildman–Crippen LogP) is 4.68. The maximum Gasteiger partial charge on any atom is 0.454 e. The molecule has 0 unspecified atom stereocenters. The molecule has 5 heteroatoms. The van der Waals surface area contributed by atoms with Gasteiger partial charge < -0.3 is 5.11 Å². The molecular formula is C18H13F3O2. The Hall–Kier alpha value is -2.56. The summed E-state index contributed by atoms with van der Waals surface area (Å²) in [5, 5.41) is 10.0. The van der Waals surface area contributed by atoms with Gasteiger partial charge in [-0.15, -0.1) is 0 Å². The molecule has 1 aliphatic carbocycles. The van der Waals surface area contributed by atoms with Gasteiger partial charge in [-0.3, -0.25) is 4.79 Å². The molecule has 0 saturated carbocycles. The second-order valence-electron chi connectivity index (χ2n) is 5.51. The Morgan fingerprint density at radius 3 is 2.39 bits per heavy atom. The highest BCUT2D eigenvalue weighted by atomic mass is 19.4. The molecule has 0 fully saturated rings. The summed E-state index contributed by atoms with van der Waals surface area (Å²) in [6.45, 7) is 0.979. The fraction of sp³-hybridized carbons (Fsp3) is 0.167. The first-order valence-corrected chi connectivity index (χ1v) is 7.02. The molecule has 2 aromatic rings. The van der Waals surface area contributed by atoms with Gasteiger partial charge >= 0.3 is 6.18 Å². The first-order valence-electron chi connectivity index (χ1n) is 7.02. The summed E-state index contributed by atoms with van der Waals surface area (Å²) in [6, 6.07) is 12.7. The average molecular weight is 318 g/mol. The van der Waals surface area contributed by atoms with Crippen molar-refractivity contribution in [1.82, 2.24) is 0 Å². The third-order valence-electron chi connectivity index (χ3n) is 4.02. The van der Waals surface area contributed by atoms with Gasteiger partial charge in [0.15, 0.2) is 0 Å². The van der Waals surface area contributed by atoms with Gasteiger partial charge in [-0.25, -0.2) is 0 Å². The number of aliphatic hydroxyl groups excluding tert-OH is 1. The summed E-state index contributed by atoms with van der Waals surface area (Å²) in [5.41, 5.74) is 3.64. The minimum absolute atomic E-state index is 0.214. The van der Waals surface area contributed by atoms with Crippen molar-refractivity contribution < 1.29 is 23.1 Å². The fourth-order valence-corrected chi connectivity index (χ4v) is 2.83. The number of hydrogen-bond donors (Lipinski definition) is 1. The SMILES string of the molecule is CC(C(=O)C(F)(F)F)=C(O)c1ccc2c(c1)Cc1ccccc1-2. The molecule has 23 heavy (non-hydrogen) atoms. The fourth-order valence-electron chi connectivity index (χ4n) is 2.83. The topological polar surface area (TPSA) is 37.3 Å². The molecule has 1 N–H and O–H groups in total. The Balaban J connectivity index is 2.01. The Labute approximate surface area is 130 Å². The summed E-state index contributed by atoms with van der Waals surface area (Å²) in [5.74, 6) is -2.66. The van der Waals surface area contributed by atoms with Crippen molar-refractivity contribution in [3.05, 3.63) is 64.7 Å². The maximum absolute atomic E-state index is 12.5. The lowest BCUT2D eigenvalue weighted by Gasteiger charge is -2.10. The molecule has 0 heterocycles. The lowest BCUT2D eigenvalue weighted by Crippen LogP contribution is -2.24.